The molecule has 0 radical (unpaired) electrons. The first-order valence-electron chi connectivity index (χ1n) is 7.27. The van der Waals surface area contributed by atoms with Gasteiger partial charge in [-0.15, -0.1) is 0 Å². The second kappa shape index (κ2) is 6.54. The minimum Gasteiger partial charge on any atom is -0.329 e. The first-order chi connectivity index (χ1) is 10.1. The zero-order valence-electron chi connectivity index (χ0n) is 12.5. The fourth-order valence-electron chi connectivity index (χ4n) is 2.33. The number of hydrogen-bond acceptors (Lipinski definition) is 3. The molecule has 2 aromatic rings. The van der Waals surface area contributed by atoms with Gasteiger partial charge in [-0.05, 0) is 25.0 Å². The summed E-state index contributed by atoms with van der Waals surface area (Å²) in [6.45, 7) is 4.32. The highest BCUT2D eigenvalue weighted by Crippen LogP contribution is 2.27. The lowest BCUT2D eigenvalue weighted by atomic mass is 9.81. The fraction of sp³-hybridized carbons (Fsp3) is 0.375. The minimum absolute atomic E-state index is 0.0392. The van der Waals surface area contributed by atoms with Gasteiger partial charge < -0.3 is 11.1 Å². The summed E-state index contributed by atoms with van der Waals surface area (Å²) in [7, 11) is 0. The van der Waals surface area contributed by atoms with Crippen molar-refractivity contribution in [2.75, 3.05) is 11.9 Å². The molecule has 0 spiro atoms. The number of benzene rings is 1. The van der Waals surface area contributed by atoms with Crippen LogP contribution in [0.1, 0.15) is 26.7 Å². The molecule has 1 aromatic carbocycles. The molecule has 0 unspecified atom stereocenters. The third-order valence-corrected chi connectivity index (χ3v) is 4.09. The second-order valence-corrected chi connectivity index (χ2v) is 5.15. The summed E-state index contributed by atoms with van der Waals surface area (Å²) in [5, 5.41) is 7.19. The number of carbonyl (C=O) groups is 1. The van der Waals surface area contributed by atoms with E-state index in [4.69, 9.17) is 5.73 Å². The lowest BCUT2D eigenvalue weighted by molar-refractivity contribution is -0.125. The zero-order valence-corrected chi connectivity index (χ0v) is 12.5. The van der Waals surface area contributed by atoms with Crippen molar-refractivity contribution >= 4 is 11.6 Å². The van der Waals surface area contributed by atoms with E-state index >= 15 is 0 Å². The van der Waals surface area contributed by atoms with Crippen molar-refractivity contribution in [2.24, 2.45) is 11.1 Å². The summed E-state index contributed by atoms with van der Waals surface area (Å²) < 4.78 is 1.73. The molecule has 0 atom stereocenters. The maximum absolute atomic E-state index is 12.4. The maximum Gasteiger partial charge on any atom is 0.231 e. The number of anilines is 1. The van der Waals surface area contributed by atoms with Crippen molar-refractivity contribution in [3.63, 3.8) is 0 Å². The topological polar surface area (TPSA) is 72.9 Å². The lowest BCUT2D eigenvalue weighted by Gasteiger charge is -2.28. The Morgan fingerprint density at radius 3 is 2.52 bits per heavy atom. The minimum atomic E-state index is -0.505. The van der Waals surface area contributed by atoms with E-state index in [1.54, 1.807) is 17.1 Å². The molecule has 1 heterocycles. The van der Waals surface area contributed by atoms with Crippen molar-refractivity contribution in [1.29, 1.82) is 0 Å². The summed E-state index contributed by atoms with van der Waals surface area (Å²) in [5.74, 6) is -0.0392. The summed E-state index contributed by atoms with van der Waals surface area (Å²) >= 11 is 0. The van der Waals surface area contributed by atoms with Gasteiger partial charge in [-0.25, -0.2) is 4.68 Å². The van der Waals surface area contributed by atoms with Crippen molar-refractivity contribution in [2.45, 2.75) is 26.7 Å². The lowest BCUT2D eigenvalue weighted by Crippen LogP contribution is -2.41. The van der Waals surface area contributed by atoms with E-state index in [2.05, 4.69) is 10.4 Å². The molecule has 0 aliphatic rings. The molecule has 3 N–H and O–H groups in total. The Labute approximate surface area is 125 Å². The third-order valence-electron chi connectivity index (χ3n) is 4.09. The second-order valence-electron chi connectivity index (χ2n) is 5.15. The Hall–Kier alpha value is -2.14. The molecule has 5 nitrogen and oxygen atoms in total. The average Bonchev–Trinajstić information content (AvgIpc) is 2.99. The van der Waals surface area contributed by atoms with Gasteiger partial charge in [-0.1, -0.05) is 32.0 Å². The van der Waals surface area contributed by atoms with Crippen LogP contribution in [0.5, 0.6) is 0 Å². The highest BCUT2D eigenvalue weighted by atomic mass is 16.2. The summed E-state index contributed by atoms with van der Waals surface area (Å²) in [6.07, 6.45) is 4.90. The maximum atomic E-state index is 12.4. The van der Waals surface area contributed by atoms with E-state index in [-0.39, 0.29) is 5.91 Å². The van der Waals surface area contributed by atoms with Gasteiger partial charge >= 0.3 is 0 Å². The molecule has 0 fully saturated rings. The summed E-state index contributed by atoms with van der Waals surface area (Å²) in [6, 6.07) is 9.77. The summed E-state index contributed by atoms with van der Waals surface area (Å²) in [5.41, 5.74) is 6.93. The molecule has 0 aliphatic heterocycles. The van der Waals surface area contributed by atoms with Crippen LogP contribution in [0.3, 0.4) is 0 Å². The standard InChI is InChI=1S/C16H22N4O/c1-3-16(4-2,12-17)15(21)19-13-10-18-20(11-13)14-8-6-5-7-9-14/h5-11H,3-4,12,17H2,1-2H3,(H,19,21). The van der Waals surface area contributed by atoms with Crippen LogP contribution in [0.25, 0.3) is 5.69 Å². The monoisotopic (exact) mass is 286 g/mol. The Kier molecular flexibility index (Phi) is 4.75. The molecule has 21 heavy (non-hydrogen) atoms. The number of carbonyl (C=O) groups excluding carboxylic acids is 1. The average molecular weight is 286 g/mol. The smallest absolute Gasteiger partial charge is 0.231 e. The van der Waals surface area contributed by atoms with Crippen molar-refractivity contribution < 1.29 is 4.79 Å². The van der Waals surface area contributed by atoms with Crippen molar-refractivity contribution in [3.8, 4) is 5.69 Å². The number of hydrogen-bond donors (Lipinski definition) is 2. The Balaban J connectivity index is 2.14. The quantitative estimate of drug-likeness (QED) is 0.857. The SMILES string of the molecule is CCC(CC)(CN)C(=O)Nc1cnn(-c2ccccc2)c1. The van der Waals surface area contributed by atoms with Crippen LogP contribution < -0.4 is 11.1 Å². The molecule has 2 rings (SSSR count). The van der Waals surface area contributed by atoms with E-state index in [0.29, 0.717) is 12.2 Å². The number of para-hydroxylation sites is 1. The predicted octanol–water partition coefficient (Wildman–Crippen LogP) is 2.58. The van der Waals surface area contributed by atoms with Crippen molar-refractivity contribution in [1.82, 2.24) is 9.78 Å². The van der Waals surface area contributed by atoms with Gasteiger partial charge in [0.25, 0.3) is 0 Å². The van der Waals surface area contributed by atoms with Crippen molar-refractivity contribution in [3.05, 3.63) is 42.7 Å². The molecule has 1 aromatic heterocycles. The van der Waals surface area contributed by atoms with Crippen LogP contribution in [-0.2, 0) is 4.79 Å². The molecule has 0 saturated carbocycles. The van der Waals surface area contributed by atoms with Gasteiger partial charge in [0, 0.05) is 6.54 Å². The first kappa shape index (κ1) is 15.3. The molecule has 0 aliphatic carbocycles. The van der Waals surface area contributed by atoms with Gasteiger partial charge in [-0.3, -0.25) is 4.79 Å². The number of aromatic nitrogens is 2. The van der Waals surface area contributed by atoms with Gasteiger partial charge in [-0.2, -0.15) is 5.10 Å². The van der Waals surface area contributed by atoms with Gasteiger partial charge in [0.15, 0.2) is 0 Å². The van der Waals surface area contributed by atoms with E-state index in [9.17, 15) is 4.79 Å². The Morgan fingerprint density at radius 2 is 1.95 bits per heavy atom. The predicted molar refractivity (Wildman–Crippen MR) is 84.3 cm³/mol. The zero-order chi connectivity index (χ0) is 15.3. The molecule has 1 amide bonds. The highest BCUT2D eigenvalue weighted by molar-refractivity contribution is 5.95. The first-order valence-corrected chi connectivity index (χ1v) is 7.27. The van der Waals surface area contributed by atoms with E-state index in [1.165, 1.54) is 0 Å². The van der Waals surface area contributed by atoms with Gasteiger partial charge in [0.2, 0.25) is 5.91 Å². The van der Waals surface area contributed by atoms with Crippen LogP contribution >= 0.6 is 0 Å². The highest BCUT2D eigenvalue weighted by Gasteiger charge is 2.33. The van der Waals surface area contributed by atoms with Crippen LogP contribution in [0.15, 0.2) is 42.7 Å². The largest absolute Gasteiger partial charge is 0.329 e. The molecule has 0 saturated heterocycles. The van der Waals surface area contributed by atoms with Gasteiger partial charge in [0.1, 0.15) is 0 Å². The normalized spacial score (nSPS) is 11.4. The molecule has 112 valence electrons. The van der Waals surface area contributed by atoms with E-state index in [1.807, 2.05) is 44.2 Å². The molecule has 5 heteroatoms. The van der Waals surface area contributed by atoms with E-state index < -0.39 is 5.41 Å². The number of nitrogens with two attached hydrogens (primary N) is 1. The number of nitrogens with zero attached hydrogens (tertiary/aromatic N) is 2. The van der Waals surface area contributed by atoms with E-state index in [0.717, 1.165) is 18.5 Å². The number of rotatable bonds is 6. The van der Waals surface area contributed by atoms with Crippen LogP contribution in [0.2, 0.25) is 0 Å². The van der Waals surface area contributed by atoms with Crippen LogP contribution in [0, 0.1) is 5.41 Å². The number of amides is 1. The third kappa shape index (κ3) is 3.13. The fourth-order valence-corrected chi connectivity index (χ4v) is 2.33. The molecule has 0 bridgehead atoms. The van der Waals surface area contributed by atoms with Crippen LogP contribution in [0.4, 0.5) is 5.69 Å². The molecular formula is C16H22N4O. The Morgan fingerprint density at radius 1 is 1.29 bits per heavy atom. The van der Waals surface area contributed by atoms with Gasteiger partial charge in [0.05, 0.1) is 29.2 Å². The Bertz CT molecular complexity index is 579. The summed E-state index contributed by atoms with van der Waals surface area (Å²) in [4.78, 5) is 12.4. The molecular weight excluding hydrogens is 264 g/mol. The number of nitrogens with one attached hydrogen (secondary N) is 1. The van der Waals surface area contributed by atoms with Crippen LogP contribution in [-0.4, -0.2) is 22.2 Å².